The van der Waals surface area contributed by atoms with Crippen LogP contribution in [-0.2, 0) is 11.3 Å². The maximum absolute atomic E-state index is 11.5. The molecule has 2 N–H and O–H groups in total. The fraction of sp³-hybridized carbons (Fsp3) is 0.583. The van der Waals surface area contributed by atoms with Crippen molar-refractivity contribution in [3.05, 3.63) is 21.3 Å². The SMILES string of the molecule is CC(C)(C)NCCC(=O)NCc1ccc(Cl)s1. The van der Waals surface area contributed by atoms with E-state index in [1.165, 1.54) is 11.3 Å². The second kappa shape index (κ2) is 6.38. The van der Waals surface area contributed by atoms with Gasteiger partial charge in [0.2, 0.25) is 5.91 Å². The molecule has 0 saturated heterocycles. The Hall–Kier alpha value is -0.580. The molecule has 0 unspecified atom stereocenters. The van der Waals surface area contributed by atoms with Gasteiger partial charge in [-0.2, -0.15) is 0 Å². The highest BCUT2D eigenvalue weighted by atomic mass is 35.5. The van der Waals surface area contributed by atoms with Gasteiger partial charge in [0.05, 0.1) is 10.9 Å². The molecule has 0 bridgehead atoms. The van der Waals surface area contributed by atoms with Crippen molar-refractivity contribution in [1.29, 1.82) is 0 Å². The van der Waals surface area contributed by atoms with Gasteiger partial charge in [0.15, 0.2) is 0 Å². The molecular formula is C12H19ClN2OS. The van der Waals surface area contributed by atoms with Gasteiger partial charge in [-0.15, -0.1) is 11.3 Å². The van der Waals surface area contributed by atoms with Gasteiger partial charge in [0, 0.05) is 23.4 Å². The molecular weight excluding hydrogens is 256 g/mol. The summed E-state index contributed by atoms with van der Waals surface area (Å²) >= 11 is 7.30. The largest absolute Gasteiger partial charge is 0.351 e. The first kappa shape index (κ1) is 14.5. The Morgan fingerprint density at radius 3 is 2.65 bits per heavy atom. The first-order chi connectivity index (χ1) is 7.87. The van der Waals surface area contributed by atoms with E-state index in [1.807, 2.05) is 12.1 Å². The van der Waals surface area contributed by atoms with E-state index in [0.717, 1.165) is 9.21 Å². The van der Waals surface area contributed by atoms with E-state index in [2.05, 4.69) is 31.4 Å². The van der Waals surface area contributed by atoms with E-state index < -0.39 is 0 Å². The summed E-state index contributed by atoms with van der Waals surface area (Å²) in [6.45, 7) is 7.50. The van der Waals surface area contributed by atoms with Gasteiger partial charge in [-0.3, -0.25) is 4.79 Å². The van der Waals surface area contributed by atoms with E-state index in [1.54, 1.807) is 0 Å². The fourth-order valence-electron chi connectivity index (χ4n) is 1.27. The fourth-order valence-corrected chi connectivity index (χ4v) is 2.30. The van der Waals surface area contributed by atoms with Crippen molar-refractivity contribution in [1.82, 2.24) is 10.6 Å². The van der Waals surface area contributed by atoms with Gasteiger partial charge in [0.25, 0.3) is 0 Å². The maximum atomic E-state index is 11.5. The third-order valence-electron chi connectivity index (χ3n) is 2.10. The summed E-state index contributed by atoms with van der Waals surface area (Å²) in [7, 11) is 0. The van der Waals surface area contributed by atoms with Gasteiger partial charge in [0.1, 0.15) is 0 Å². The zero-order valence-corrected chi connectivity index (χ0v) is 12.0. The van der Waals surface area contributed by atoms with Crippen LogP contribution < -0.4 is 10.6 Å². The standard InChI is InChI=1S/C12H19ClN2OS/c1-12(2,3)15-7-6-11(16)14-8-9-4-5-10(13)17-9/h4-5,15H,6-8H2,1-3H3,(H,14,16). The van der Waals surface area contributed by atoms with E-state index in [9.17, 15) is 4.79 Å². The second-order valence-corrected chi connectivity index (χ2v) is 6.71. The molecule has 0 radical (unpaired) electrons. The highest BCUT2D eigenvalue weighted by molar-refractivity contribution is 7.16. The lowest BCUT2D eigenvalue weighted by atomic mass is 10.1. The van der Waals surface area contributed by atoms with Crippen LogP contribution in [0.5, 0.6) is 0 Å². The van der Waals surface area contributed by atoms with Gasteiger partial charge >= 0.3 is 0 Å². The molecule has 0 fully saturated rings. The molecule has 17 heavy (non-hydrogen) atoms. The molecule has 1 heterocycles. The highest BCUT2D eigenvalue weighted by Gasteiger charge is 2.09. The van der Waals surface area contributed by atoms with Crippen molar-refractivity contribution >= 4 is 28.8 Å². The van der Waals surface area contributed by atoms with Crippen LogP contribution in [0.2, 0.25) is 4.34 Å². The molecule has 0 spiro atoms. The Bertz CT molecular complexity index is 371. The summed E-state index contributed by atoms with van der Waals surface area (Å²) in [5, 5.41) is 6.15. The van der Waals surface area contributed by atoms with Crippen LogP contribution in [0.4, 0.5) is 0 Å². The topological polar surface area (TPSA) is 41.1 Å². The number of thiophene rings is 1. The lowest BCUT2D eigenvalue weighted by Gasteiger charge is -2.20. The molecule has 1 rings (SSSR count). The Morgan fingerprint density at radius 1 is 1.41 bits per heavy atom. The Kier molecular flexibility index (Phi) is 5.43. The average Bonchev–Trinajstić information content (AvgIpc) is 2.59. The second-order valence-electron chi connectivity index (χ2n) is 4.91. The summed E-state index contributed by atoms with van der Waals surface area (Å²) in [4.78, 5) is 12.6. The molecule has 5 heteroatoms. The van der Waals surface area contributed by atoms with Crippen LogP contribution >= 0.6 is 22.9 Å². The number of nitrogens with one attached hydrogen (secondary N) is 2. The minimum absolute atomic E-state index is 0.0571. The zero-order valence-electron chi connectivity index (χ0n) is 10.5. The quantitative estimate of drug-likeness (QED) is 0.867. The van der Waals surface area contributed by atoms with Crippen molar-refractivity contribution < 1.29 is 4.79 Å². The summed E-state index contributed by atoms with van der Waals surface area (Å²) in [5.74, 6) is 0.0614. The molecule has 0 aromatic carbocycles. The number of hydrogen-bond acceptors (Lipinski definition) is 3. The molecule has 0 saturated carbocycles. The van der Waals surface area contributed by atoms with Crippen molar-refractivity contribution in [2.24, 2.45) is 0 Å². The predicted octanol–water partition coefficient (Wildman–Crippen LogP) is 2.80. The van der Waals surface area contributed by atoms with Crippen LogP contribution in [0.25, 0.3) is 0 Å². The number of carbonyl (C=O) groups excluding carboxylic acids is 1. The maximum Gasteiger partial charge on any atom is 0.221 e. The minimum Gasteiger partial charge on any atom is -0.351 e. The van der Waals surface area contributed by atoms with Crippen LogP contribution in [0.1, 0.15) is 32.1 Å². The smallest absolute Gasteiger partial charge is 0.221 e. The monoisotopic (exact) mass is 274 g/mol. The van der Waals surface area contributed by atoms with E-state index >= 15 is 0 Å². The molecule has 96 valence electrons. The lowest BCUT2D eigenvalue weighted by Crippen LogP contribution is -2.38. The van der Waals surface area contributed by atoms with E-state index in [4.69, 9.17) is 11.6 Å². The van der Waals surface area contributed by atoms with Crippen molar-refractivity contribution in [3.63, 3.8) is 0 Å². The van der Waals surface area contributed by atoms with Crippen molar-refractivity contribution in [2.75, 3.05) is 6.54 Å². The van der Waals surface area contributed by atoms with Crippen LogP contribution in [-0.4, -0.2) is 18.0 Å². The van der Waals surface area contributed by atoms with Gasteiger partial charge in [-0.1, -0.05) is 11.6 Å². The number of hydrogen-bond donors (Lipinski definition) is 2. The zero-order chi connectivity index (χ0) is 12.9. The Morgan fingerprint density at radius 2 is 2.12 bits per heavy atom. The summed E-state index contributed by atoms with van der Waals surface area (Å²) in [5.41, 5.74) is 0.0571. The molecule has 1 aromatic heterocycles. The Balaban J connectivity index is 2.18. The molecule has 0 aliphatic carbocycles. The summed E-state index contributed by atoms with van der Waals surface area (Å²) < 4.78 is 0.753. The average molecular weight is 275 g/mol. The van der Waals surface area contributed by atoms with Crippen LogP contribution in [0, 0.1) is 0 Å². The summed E-state index contributed by atoms with van der Waals surface area (Å²) in [6.07, 6.45) is 0.496. The first-order valence-corrected chi connectivity index (χ1v) is 6.82. The third kappa shape index (κ3) is 6.66. The molecule has 0 atom stereocenters. The van der Waals surface area contributed by atoms with Gasteiger partial charge in [-0.05, 0) is 32.9 Å². The Labute approximate surface area is 112 Å². The van der Waals surface area contributed by atoms with Crippen molar-refractivity contribution in [3.8, 4) is 0 Å². The number of rotatable bonds is 5. The van der Waals surface area contributed by atoms with E-state index in [0.29, 0.717) is 19.5 Å². The van der Waals surface area contributed by atoms with Crippen molar-refractivity contribution in [2.45, 2.75) is 39.3 Å². The summed E-state index contributed by atoms with van der Waals surface area (Å²) in [6, 6.07) is 3.77. The number of amides is 1. The van der Waals surface area contributed by atoms with Crippen LogP contribution in [0.15, 0.2) is 12.1 Å². The number of carbonyl (C=O) groups is 1. The third-order valence-corrected chi connectivity index (χ3v) is 3.33. The molecule has 0 aliphatic heterocycles. The van der Waals surface area contributed by atoms with Gasteiger partial charge < -0.3 is 10.6 Å². The highest BCUT2D eigenvalue weighted by Crippen LogP contribution is 2.20. The lowest BCUT2D eigenvalue weighted by molar-refractivity contribution is -0.121. The normalized spacial score (nSPS) is 11.5. The molecule has 1 amide bonds. The first-order valence-electron chi connectivity index (χ1n) is 5.63. The van der Waals surface area contributed by atoms with Gasteiger partial charge in [-0.25, -0.2) is 0 Å². The van der Waals surface area contributed by atoms with E-state index in [-0.39, 0.29) is 11.4 Å². The molecule has 1 aromatic rings. The molecule has 3 nitrogen and oxygen atoms in total. The predicted molar refractivity (Wildman–Crippen MR) is 73.5 cm³/mol. The molecule has 0 aliphatic rings. The minimum atomic E-state index is 0.0571. The number of halogens is 1. The van der Waals surface area contributed by atoms with Crippen LogP contribution in [0.3, 0.4) is 0 Å².